The molecule has 0 saturated carbocycles. The highest BCUT2D eigenvalue weighted by molar-refractivity contribution is 7.91. The maximum Gasteiger partial charge on any atom is 0.153 e. The van der Waals surface area contributed by atoms with Crippen LogP contribution in [-0.2, 0) is 21.1 Å². The molecule has 2 rings (SSSR count). The Bertz CT molecular complexity index is 564. The largest absolute Gasteiger partial charge is 0.383 e. The molecule has 7 heteroatoms. The van der Waals surface area contributed by atoms with Crippen molar-refractivity contribution in [3.05, 3.63) is 29.6 Å². The number of methoxy groups -OCH3 is 1. The van der Waals surface area contributed by atoms with Crippen molar-refractivity contribution < 1.29 is 17.5 Å². The van der Waals surface area contributed by atoms with Crippen molar-refractivity contribution in [2.75, 3.05) is 49.8 Å². The van der Waals surface area contributed by atoms with E-state index in [2.05, 4.69) is 5.32 Å². The van der Waals surface area contributed by atoms with Gasteiger partial charge in [-0.1, -0.05) is 0 Å². The Hall–Kier alpha value is -1.18. The van der Waals surface area contributed by atoms with Crippen LogP contribution in [0.5, 0.6) is 0 Å². The number of ether oxygens (including phenoxy) is 1. The van der Waals surface area contributed by atoms with Crippen LogP contribution >= 0.6 is 0 Å². The number of benzene rings is 1. The van der Waals surface area contributed by atoms with Crippen LogP contribution < -0.4 is 10.2 Å². The van der Waals surface area contributed by atoms with Gasteiger partial charge in [-0.3, -0.25) is 0 Å². The van der Waals surface area contributed by atoms with Crippen LogP contribution in [0, 0.1) is 5.82 Å². The Labute approximate surface area is 125 Å². The van der Waals surface area contributed by atoms with Crippen LogP contribution in [0.3, 0.4) is 0 Å². The molecule has 0 aromatic heterocycles. The Morgan fingerprint density at radius 1 is 1.33 bits per heavy atom. The van der Waals surface area contributed by atoms with Gasteiger partial charge in [0, 0.05) is 39.0 Å². The van der Waals surface area contributed by atoms with Gasteiger partial charge in [-0.25, -0.2) is 12.8 Å². The molecule has 1 aliphatic rings. The first-order chi connectivity index (χ1) is 10.0. The molecule has 5 nitrogen and oxygen atoms in total. The lowest BCUT2D eigenvalue weighted by Gasteiger charge is -2.30. The summed E-state index contributed by atoms with van der Waals surface area (Å²) in [6.07, 6.45) is 0. The second kappa shape index (κ2) is 7.20. The number of hydrogen-bond acceptors (Lipinski definition) is 5. The number of rotatable bonds is 6. The number of nitrogens with zero attached hydrogens (tertiary/aromatic N) is 1. The van der Waals surface area contributed by atoms with Crippen molar-refractivity contribution in [2.45, 2.75) is 6.54 Å². The Balaban J connectivity index is 2.08. The number of sulfone groups is 1. The van der Waals surface area contributed by atoms with E-state index in [1.165, 1.54) is 12.1 Å². The van der Waals surface area contributed by atoms with Gasteiger partial charge in [-0.15, -0.1) is 0 Å². The fourth-order valence-corrected chi connectivity index (χ4v) is 3.56. The Kier molecular flexibility index (Phi) is 5.55. The molecular weight excluding hydrogens is 295 g/mol. The van der Waals surface area contributed by atoms with Crippen LogP contribution in [0.1, 0.15) is 5.56 Å². The smallest absolute Gasteiger partial charge is 0.153 e. The van der Waals surface area contributed by atoms with E-state index in [9.17, 15) is 12.8 Å². The molecule has 1 saturated heterocycles. The SMILES string of the molecule is COCCNCc1cc(F)ccc1N1CCS(=O)(=O)CC1. The normalized spacial score (nSPS) is 17.9. The molecule has 1 heterocycles. The summed E-state index contributed by atoms with van der Waals surface area (Å²) in [5.74, 6) is 0.0221. The van der Waals surface area contributed by atoms with Crippen molar-refractivity contribution in [3.63, 3.8) is 0 Å². The van der Waals surface area contributed by atoms with E-state index in [1.807, 2.05) is 4.90 Å². The summed E-state index contributed by atoms with van der Waals surface area (Å²) >= 11 is 0. The Morgan fingerprint density at radius 3 is 2.71 bits per heavy atom. The second-order valence-corrected chi connectivity index (χ2v) is 7.39. The van der Waals surface area contributed by atoms with Crippen molar-refractivity contribution in [2.24, 2.45) is 0 Å². The molecule has 0 spiro atoms. The van der Waals surface area contributed by atoms with Crippen molar-refractivity contribution in [1.82, 2.24) is 5.32 Å². The van der Waals surface area contributed by atoms with E-state index in [0.717, 1.165) is 11.3 Å². The molecule has 1 aliphatic heterocycles. The standard InChI is InChI=1S/C14H21FN2O3S/c1-20-7-4-16-11-12-10-13(15)2-3-14(12)17-5-8-21(18,19)9-6-17/h2-3,10,16H,4-9,11H2,1H3. The van der Waals surface area contributed by atoms with E-state index in [1.54, 1.807) is 13.2 Å². The van der Waals surface area contributed by atoms with Gasteiger partial charge in [0.15, 0.2) is 9.84 Å². The highest BCUT2D eigenvalue weighted by Crippen LogP contribution is 2.23. The fourth-order valence-electron chi connectivity index (χ4n) is 2.35. The van der Waals surface area contributed by atoms with Crippen molar-refractivity contribution in [1.29, 1.82) is 0 Å². The Morgan fingerprint density at radius 2 is 2.05 bits per heavy atom. The van der Waals surface area contributed by atoms with Gasteiger partial charge in [-0.2, -0.15) is 0 Å². The molecule has 0 bridgehead atoms. The van der Waals surface area contributed by atoms with Crippen molar-refractivity contribution in [3.8, 4) is 0 Å². The summed E-state index contributed by atoms with van der Waals surface area (Å²) in [6.45, 7) is 2.71. The summed E-state index contributed by atoms with van der Waals surface area (Å²) in [5, 5.41) is 3.19. The summed E-state index contributed by atoms with van der Waals surface area (Å²) in [7, 11) is -1.29. The molecule has 118 valence electrons. The second-order valence-electron chi connectivity index (χ2n) is 5.08. The van der Waals surface area contributed by atoms with Gasteiger partial charge < -0.3 is 15.0 Å². The van der Waals surface area contributed by atoms with Gasteiger partial charge in [-0.05, 0) is 23.8 Å². The van der Waals surface area contributed by atoms with Gasteiger partial charge in [0.1, 0.15) is 5.82 Å². The maximum absolute atomic E-state index is 13.4. The van der Waals surface area contributed by atoms with Crippen LogP contribution in [0.25, 0.3) is 0 Å². The van der Waals surface area contributed by atoms with Crippen LogP contribution in [0.4, 0.5) is 10.1 Å². The molecule has 1 fully saturated rings. The average Bonchev–Trinajstić information content (AvgIpc) is 2.44. The first-order valence-corrected chi connectivity index (χ1v) is 8.77. The van der Waals surface area contributed by atoms with Crippen molar-refractivity contribution >= 4 is 15.5 Å². The number of hydrogen-bond donors (Lipinski definition) is 1. The van der Waals surface area contributed by atoms with Crippen LogP contribution in [0.2, 0.25) is 0 Å². The van der Waals surface area contributed by atoms with Gasteiger partial charge in [0.25, 0.3) is 0 Å². The molecule has 0 aliphatic carbocycles. The van der Waals surface area contributed by atoms with Gasteiger partial charge in [0.2, 0.25) is 0 Å². The lowest BCUT2D eigenvalue weighted by molar-refractivity contribution is 0.199. The van der Waals surface area contributed by atoms with E-state index >= 15 is 0 Å². The topological polar surface area (TPSA) is 58.6 Å². The molecule has 1 aromatic rings. The van der Waals surface area contributed by atoms with Gasteiger partial charge in [0.05, 0.1) is 18.1 Å². The lowest BCUT2D eigenvalue weighted by atomic mass is 10.1. The molecule has 0 atom stereocenters. The zero-order valence-electron chi connectivity index (χ0n) is 12.1. The molecule has 1 aromatic carbocycles. The molecule has 0 radical (unpaired) electrons. The zero-order valence-corrected chi connectivity index (χ0v) is 13.0. The van der Waals surface area contributed by atoms with E-state index in [4.69, 9.17) is 4.74 Å². The maximum atomic E-state index is 13.4. The van der Waals surface area contributed by atoms with Crippen LogP contribution in [0.15, 0.2) is 18.2 Å². The summed E-state index contributed by atoms with van der Waals surface area (Å²) < 4.78 is 41.4. The number of anilines is 1. The molecule has 0 unspecified atom stereocenters. The first kappa shape index (κ1) is 16.2. The van der Waals surface area contributed by atoms with Gasteiger partial charge >= 0.3 is 0 Å². The molecule has 21 heavy (non-hydrogen) atoms. The molecule has 1 N–H and O–H groups in total. The summed E-state index contributed by atoms with van der Waals surface area (Å²) in [4.78, 5) is 2.01. The zero-order chi connectivity index (χ0) is 15.3. The minimum Gasteiger partial charge on any atom is -0.383 e. The quantitative estimate of drug-likeness (QED) is 0.787. The third-order valence-corrected chi connectivity index (χ3v) is 5.13. The highest BCUT2D eigenvalue weighted by atomic mass is 32.2. The average molecular weight is 316 g/mol. The van der Waals surface area contributed by atoms with E-state index in [0.29, 0.717) is 32.8 Å². The van der Waals surface area contributed by atoms with E-state index < -0.39 is 9.84 Å². The van der Waals surface area contributed by atoms with Crippen LogP contribution in [-0.4, -0.2) is 53.3 Å². The fraction of sp³-hybridized carbons (Fsp3) is 0.571. The molecular formula is C14H21FN2O3S. The summed E-state index contributed by atoms with van der Waals surface area (Å²) in [6, 6.07) is 4.63. The third kappa shape index (κ3) is 4.66. The number of nitrogens with one attached hydrogen (secondary N) is 1. The third-order valence-electron chi connectivity index (χ3n) is 3.53. The summed E-state index contributed by atoms with van der Waals surface area (Å²) in [5.41, 5.74) is 1.74. The predicted octanol–water partition coefficient (Wildman–Crippen LogP) is 0.796. The lowest BCUT2D eigenvalue weighted by Crippen LogP contribution is -2.41. The first-order valence-electron chi connectivity index (χ1n) is 6.95. The highest BCUT2D eigenvalue weighted by Gasteiger charge is 2.23. The number of halogens is 1. The molecule has 0 amide bonds. The predicted molar refractivity (Wildman–Crippen MR) is 80.8 cm³/mol. The van der Waals surface area contributed by atoms with E-state index in [-0.39, 0.29) is 17.3 Å². The minimum atomic E-state index is -2.92. The monoisotopic (exact) mass is 316 g/mol. The minimum absolute atomic E-state index is 0.154.